The number of aromatic hydroxyl groups is 1. The van der Waals surface area contributed by atoms with Crippen molar-refractivity contribution in [3.63, 3.8) is 0 Å². The molecule has 0 radical (unpaired) electrons. The van der Waals surface area contributed by atoms with E-state index in [0.29, 0.717) is 5.75 Å². The molecule has 20 heavy (non-hydrogen) atoms. The topological polar surface area (TPSA) is 63.3 Å². The zero-order valence-corrected chi connectivity index (χ0v) is 12.4. The van der Waals surface area contributed by atoms with Gasteiger partial charge in [-0.2, -0.15) is 18.2 Å². The summed E-state index contributed by atoms with van der Waals surface area (Å²) in [6.45, 7) is 9.00. The minimum atomic E-state index is 0. The van der Waals surface area contributed by atoms with Crippen LogP contribution >= 0.6 is 0 Å². The van der Waals surface area contributed by atoms with Gasteiger partial charge in [-0.3, -0.25) is 0 Å². The molecule has 0 saturated heterocycles. The van der Waals surface area contributed by atoms with E-state index in [2.05, 4.69) is 13.3 Å². The number of rotatable bonds is 1. The first-order valence-electron chi connectivity index (χ1n) is 5.24. The van der Waals surface area contributed by atoms with Crippen molar-refractivity contribution in [2.24, 2.45) is 0 Å². The maximum absolute atomic E-state index is 9.04. The summed E-state index contributed by atoms with van der Waals surface area (Å²) >= 11 is 0. The predicted octanol–water partition coefficient (Wildman–Crippen LogP) is 2.79. The zero-order valence-electron chi connectivity index (χ0n) is 11.3. The average molecular weight is 314 g/mol. The van der Waals surface area contributed by atoms with Crippen molar-refractivity contribution in [3.05, 3.63) is 67.9 Å². The molecule has 0 heterocycles. The average Bonchev–Trinajstić information content (AvgIpc) is 3.02. The third kappa shape index (κ3) is 12.6. The normalized spacial score (nSPS) is 6.90. The van der Waals surface area contributed by atoms with Crippen molar-refractivity contribution >= 4 is 5.69 Å². The molecule has 2 rings (SSSR count). The van der Waals surface area contributed by atoms with Crippen LogP contribution in [0, 0.1) is 13.3 Å². The number of hydrogen-bond acceptors (Lipinski definition) is 2. The third-order valence-electron chi connectivity index (χ3n) is 1.90. The van der Waals surface area contributed by atoms with E-state index in [1.54, 1.807) is 12.1 Å². The molecule has 2 aromatic rings. The van der Waals surface area contributed by atoms with Gasteiger partial charge < -0.3 is 10.0 Å². The minimum absolute atomic E-state index is 0. The van der Waals surface area contributed by atoms with Crippen molar-refractivity contribution in [1.29, 1.82) is 0 Å². The Bertz CT molecular complexity index is 427. The van der Waals surface area contributed by atoms with Gasteiger partial charge in [0.15, 0.2) is 0 Å². The van der Waals surface area contributed by atoms with E-state index in [-0.39, 0.29) is 17.1 Å². The van der Waals surface area contributed by atoms with Crippen molar-refractivity contribution < 1.29 is 31.5 Å². The van der Waals surface area contributed by atoms with Gasteiger partial charge in [0.05, 0.1) is 0 Å². The van der Waals surface area contributed by atoms with Gasteiger partial charge >= 0.3 is 22.6 Å². The van der Waals surface area contributed by atoms with Crippen molar-refractivity contribution in [2.75, 3.05) is 19.0 Å². The van der Waals surface area contributed by atoms with E-state index in [9.17, 15) is 0 Å². The molecule has 0 saturated carbocycles. The quantitative estimate of drug-likeness (QED) is 0.500. The summed E-state index contributed by atoms with van der Waals surface area (Å²) in [5, 5.41) is 9.04. The van der Waals surface area contributed by atoms with Crippen LogP contribution in [0.2, 0.25) is 0 Å². The second kappa shape index (κ2) is 17.2. The Morgan fingerprint density at radius 1 is 1.00 bits per heavy atom. The first kappa shape index (κ1) is 23.3. The van der Waals surface area contributed by atoms with Gasteiger partial charge in [-0.15, -0.1) is 0 Å². The zero-order chi connectivity index (χ0) is 15.1. The summed E-state index contributed by atoms with van der Waals surface area (Å²) in [5.41, 5.74) is 1.01. The summed E-state index contributed by atoms with van der Waals surface area (Å²) in [6, 6.07) is 17.2. The van der Waals surface area contributed by atoms with Gasteiger partial charge in [-0.05, 0) is 12.1 Å². The molecule has 0 aliphatic carbocycles. The summed E-state index contributed by atoms with van der Waals surface area (Å²) < 4.78 is 15.0. The van der Waals surface area contributed by atoms with Gasteiger partial charge in [0.25, 0.3) is 0 Å². The van der Waals surface area contributed by atoms with Crippen LogP contribution in [0.25, 0.3) is 0 Å². The van der Waals surface area contributed by atoms with E-state index in [4.69, 9.17) is 14.4 Å². The fourth-order valence-electron chi connectivity index (χ4n) is 1.09. The molecule has 0 spiro atoms. The third-order valence-corrected chi connectivity index (χ3v) is 1.90. The first-order valence-corrected chi connectivity index (χ1v) is 5.24. The molecular weight excluding hydrogens is 298 g/mol. The molecule has 0 aliphatic heterocycles. The van der Waals surface area contributed by atoms with E-state index < -0.39 is 0 Å². The fraction of sp³-hybridized carbons (Fsp3) is 0.133. The van der Waals surface area contributed by atoms with Gasteiger partial charge in [0.2, 0.25) is 0 Å². The Morgan fingerprint density at radius 2 is 1.50 bits per heavy atom. The predicted molar refractivity (Wildman–Crippen MR) is 72.3 cm³/mol. The Kier molecular flexibility index (Phi) is 20.0. The molecule has 0 atom stereocenters. The molecule has 1 N–H and O–H groups in total. The van der Waals surface area contributed by atoms with Crippen LogP contribution in [-0.4, -0.2) is 19.2 Å². The van der Waals surface area contributed by atoms with Crippen LogP contribution in [0.15, 0.2) is 54.6 Å². The minimum Gasteiger partial charge on any atom is -0.214 e. The fourth-order valence-corrected chi connectivity index (χ4v) is 1.09. The Labute approximate surface area is 130 Å². The standard InChI is InChI=1S/C8H11NO.C5H5.2CO.Fe/c1-9(2)7-4-3-5-8(10)6-7;1-2-4-5-3-1;2*1-2;/h3-6,10H,1-2H3;1-5H;;;/q;-1;;;. The molecule has 0 amide bonds. The van der Waals surface area contributed by atoms with Crippen LogP contribution in [0.3, 0.4) is 0 Å². The van der Waals surface area contributed by atoms with Crippen LogP contribution in [-0.2, 0) is 26.4 Å². The molecule has 4 nitrogen and oxygen atoms in total. The van der Waals surface area contributed by atoms with Crippen molar-refractivity contribution in [1.82, 2.24) is 0 Å². The Hall–Kier alpha value is -1.83. The Morgan fingerprint density at radius 3 is 1.75 bits per heavy atom. The molecule has 5 heteroatoms. The van der Waals surface area contributed by atoms with Gasteiger partial charge in [-0.1, -0.05) is 6.07 Å². The summed E-state index contributed by atoms with van der Waals surface area (Å²) in [4.78, 5) is 1.94. The number of phenols is 1. The van der Waals surface area contributed by atoms with E-state index in [1.165, 1.54) is 0 Å². The molecule has 0 bridgehead atoms. The Balaban J connectivity index is -0.000000246. The van der Waals surface area contributed by atoms with E-state index in [1.807, 2.05) is 61.5 Å². The van der Waals surface area contributed by atoms with Gasteiger partial charge in [-0.25, -0.2) is 12.1 Å². The maximum atomic E-state index is 9.04. The number of phenolic OH excluding ortho intramolecular Hbond substituents is 1. The molecule has 108 valence electrons. The molecular formula is C15H16FeNO3-. The molecule has 0 fully saturated rings. The summed E-state index contributed by atoms with van der Waals surface area (Å²) in [6.07, 6.45) is 0. The maximum Gasteiger partial charge on any atom is 0 e. The second-order valence-corrected chi connectivity index (χ2v) is 3.38. The van der Waals surface area contributed by atoms with E-state index >= 15 is 0 Å². The monoisotopic (exact) mass is 314 g/mol. The number of hydrogen-bond donors (Lipinski definition) is 1. The summed E-state index contributed by atoms with van der Waals surface area (Å²) in [7, 11) is 3.88. The van der Waals surface area contributed by atoms with Crippen LogP contribution in [0.5, 0.6) is 5.75 Å². The van der Waals surface area contributed by atoms with E-state index in [0.717, 1.165) is 5.69 Å². The molecule has 0 unspecified atom stereocenters. The van der Waals surface area contributed by atoms with Gasteiger partial charge in [0.1, 0.15) is 5.75 Å². The number of nitrogens with zero attached hydrogens (tertiary/aromatic N) is 1. The van der Waals surface area contributed by atoms with Crippen LogP contribution in [0.4, 0.5) is 5.69 Å². The largest absolute Gasteiger partial charge is 0.214 e. The molecule has 0 aliphatic rings. The van der Waals surface area contributed by atoms with Gasteiger partial charge in [0, 0.05) is 42.9 Å². The summed E-state index contributed by atoms with van der Waals surface area (Å²) in [5.74, 6) is 0.311. The first-order chi connectivity index (χ1) is 9.20. The molecule has 2 aromatic carbocycles. The van der Waals surface area contributed by atoms with Crippen molar-refractivity contribution in [2.45, 2.75) is 0 Å². The number of anilines is 1. The molecule has 0 aromatic heterocycles. The van der Waals surface area contributed by atoms with Crippen LogP contribution < -0.4 is 4.90 Å². The second-order valence-electron chi connectivity index (χ2n) is 3.38. The van der Waals surface area contributed by atoms with Crippen LogP contribution in [0.1, 0.15) is 0 Å². The number of benzene rings is 1. The smallest absolute Gasteiger partial charge is 0 e. The van der Waals surface area contributed by atoms with Crippen molar-refractivity contribution in [3.8, 4) is 5.75 Å². The SMILES string of the molecule is CN(C)c1cccc(O)c1.[C-]#[O+].[C-]#[O+].[Fe].c1cc[cH-]c1.